The van der Waals surface area contributed by atoms with E-state index in [1.807, 2.05) is 18.2 Å². The van der Waals surface area contributed by atoms with Crippen molar-refractivity contribution < 1.29 is 19.1 Å². The largest absolute Gasteiger partial charge is 0.454 e. The predicted octanol–water partition coefficient (Wildman–Crippen LogP) is 5.39. The molecule has 3 aromatic rings. The van der Waals surface area contributed by atoms with Gasteiger partial charge in [-0.15, -0.1) is 11.3 Å². The first kappa shape index (κ1) is 24.5. The molecule has 10 heteroatoms. The van der Waals surface area contributed by atoms with Crippen molar-refractivity contribution >= 4 is 62.7 Å². The Labute approximate surface area is 222 Å². The van der Waals surface area contributed by atoms with E-state index in [4.69, 9.17) is 21.7 Å². The SMILES string of the molecule is Cc1ccc(Cc2cnc(NC(=O)CCCN3C(=O)C(=Cc4ccc5c(c4)OCO5)SC3=S)s2)cc1. The molecule has 1 aromatic heterocycles. The molecule has 1 N–H and O–H groups in total. The average molecular weight is 538 g/mol. The molecule has 184 valence electrons. The van der Waals surface area contributed by atoms with Gasteiger partial charge in [-0.3, -0.25) is 14.5 Å². The van der Waals surface area contributed by atoms with Crippen LogP contribution in [0.15, 0.2) is 53.6 Å². The Kier molecular flexibility index (Phi) is 7.35. The van der Waals surface area contributed by atoms with Crippen molar-refractivity contribution in [3.8, 4) is 11.5 Å². The number of hydrogen-bond acceptors (Lipinski definition) is 8. The van der Waals surface area contributed by atoms with E-state index in [1.165, 1.54) is 34.2 Å². The van der Waals surface area contributed by atoms with Crippen LogP contribution in [-0.2, 0) is 16.0 Å². The predicted molar refractivity (Wildman–Crippen MR) is 146 cm³/mol. The lowest BCUT2D eigenvalue weighted by Crippen LogP contribution is -2.29. The topological polar surface area (TPSA) is 80.8 Å². The van der Waals surface area contributed by atoms with E-state index in [0.717, 1.165) is 16.9 Å². The van der Waals surface area contributed by atoms with Gasteiger partial charge in [0.25, 0.3) is 5.91 Å². The number of fused-ring (bicyclic) bond motifs is 1. The number of nitrogens with zero attached hydrogens (tertiary/aromatic N) is 2. The third-order valence-electron chi connectivity index (χ3n) is 5.65. The van der Waals surface area contributed by atoms with Crippen LogP contribution >= 0.6 is 35.3 Å². The second-order valence-corrected chi connectivity index (χ2v) is 11.2. The highest BCUT2D eigenvalue weighted by Crippen LogP contribution is 2.36. The zero-order valence-corrected chi connectivity index (χ0v) is 21.9. The van der Waals surface area contributed by atoms with Crippen LogP contribution in [0.4, 0.5) is 5.13 Å². The molecule has 2 aliphatic heterocycles. The Bertz CT molecular complexity index is 1350. The Balaban J connectivity index is 1.10. The monoisotopic (exact) mass is 537 g/mol. The molecule has 5 rings (SSSR count). The maximum Gasteiger partial charge on any atom is 0.266 e. The van der Waals surface area contributed by atoms with Gasteiger partial charge in [-0.1, -0.05) is 59.9 Å². The zero-order valence-electron chi connectivity index (χ0n) is 19.5. The average Bonchev–Trinajstić information content (AvgIpc) is 3.56. The van der Waals surface area contributed by atoms with Gasteiger partial charge in [0.2, 0.25) is 12.7 Å². The van der Waals surface area contributed by atoms with Crippen molar-refractivity contribution in [1.29, 1.82) is 0 Å². The number of anilines is 1. The summed E-state index contributed by atoms with van der Waals surface area (Å²) in [4.78, 5) is 32.8. The first-order valence-corrected chi connectivity index (χ1v) is 13.4. The molecule has 36 heavy (non-hydrogen) atoms. The van der Waals surface area contributed by atoms with Crippen LogP contribution in [0.3, 0.4) is 0 Å². The molecule has 3 heterocycles. The minimum absolute atomic E-state index is 0.132. The van der Waals surface area contributed by atoms with Crippen molar-refractivity contribution in [2.45, 2.75) is 26.2 Å². The van der Waals surface area contributed by atoms with Crippen molar-refractivity contribution in [1.82, 2.24) is 9.88 Å². The van der Waals surface area contributed by atoms with Gasteiger partial charge < -0.3 is 14.8 Å². The third kappa shape index (κ3) is 5.77. The maximum absolute atomic E-state index is 12.9. The molecule has 0 spiro atoms. The summed E-state index contributed by atoms with van der Waals surface area (Å²) >= 11 is 8.15. The van der Waals surface area contributed by atoms with Crippen LogP contribution in [0.5, 0.6) is 11.5 Å². The van der Waals surface area contributed by atoms with Crippen molar-refractivity contribution in [3.05, 3.63) is 75.1 Å². The number of thiazole rings is 1. The number of aromatic nitrogens is 1. The smallest absolute Gasteiger partial charge is 0.266 e. The number of amides is 2. The van der Waals surface area contributed by atoms with E-state index in [1.54, 1.807) is 17.2 Å². The molecule has 7 nitrogen and oxygen atoms in total. The van der Waals surface area contributed by atoms with Crippen LogP contribution in [0.25, 0.3) is 6.08 Å². The fourth-order valence-electron chi connectivity index (χ4n) is 3.78. The number of rotatable bonds is 8. The quantitative estimate of drug-likeness (QED) is 0.305. The van der Waals surface area contributed by atoms with Gasteiger partial charge in [0, 0.05) is 30.5 Å². The molecule has 0 bridgehead atoms. The van der Waals surface area contributed by atoms with Crippen LogP contribution < -0.4 is 14.8 Å². The summed E-state index contributed by atoms with van der Waals surface area (Å²) in [6.45, 7) is 2.64. The minimum Gasteiger partial charge on any atom is -0.454 e. The molecule has 2 amide bonds. The van der Waals surface area contributed by atoms with Crippen molar-refractivity contribution in [2.24, 2.45) is 0 Å². The second kappa shape index (κ2) is 10.8. The van der Waals surface area contributed by atoms with Gasteiger partial charge in [-0.2, -0.15) is 0 Å². The number of hydrogen-bond donors (Lipinski definition) is 1. The van der Waals surface area contributed by atoms with Crippen LogP contribution in [0.1, 0.15) is 34.4 Å². The lowest BCUT2D eigenvalue weighted by molar-refractivity contribution is -0.122. The van der Waals surface area contributed by atoms with Crippen LogP contribution in [0.2, 0.25) is 0 Å². The minimum atomic E-state index is -0.149. The first-order valence-electron chi connectivity index (χ1n) is 11.4. The molecule has 2 aromatic carbocycles. The number of aryl methyl sites for hydroxylation is 1. The van der Waals surface area contributed by atoms with Gasteiger partial charge in [-0.05, 0) is 42.7 Å². The Hall–Kier alpha value is -3.21. The molecule has 0 radical (unpaired) electrons. The van der Waals surface area contributed by atoms with E-state index in [0.29, 0.717) is 38.8 Å². The van der Waals surface area contributed by atoms with Gasteiger partial charge in [0.15, 0.2) is 16.6 Å². The van der Waals surface area contributed by atoms with E-state index in [2.05, 4.69) is 41.5 Å². The summed E-state index contributed by atoms with van der Waals surface area (Å²) < 4.78 is 11.2. The molecular formula is C26H23N3O4S3. The summed E-state index contributed by atoms with van der Waals surface area (Å²) in [5, 5.41) is 3.44. The normalized spacial score (nSPS) is 15.7. The zero-order chi connectivity index (χ0) is 25.1. The summed E-state index contributed by atoms with van der Waals surface area (Å²) in [6, 6.07) is 13.9. The van der Waals surface area contributed by atoms with E-state index < -0.39 is 0 Å². The maximum atomic E-state index is 12.9. The number of benzene rings is 2. The molecule has 0 unspecified atom stereocenters. The summed E-state index contributed by atoms with van der Waals surface area (Å²) in [6.07, 6.45) is 5.14. The van der Waals surface area contributed by atoms with Gasteiger partial charge in [0.1, 0.15) is 4.32 Å². The molecule has 1 saturated heterocycles. The number of nitrogens with one attached hydrogen (secondary N) is 1. The van der Waals surface area contributed by atoms with E-state index in [-0.39, 0.29) is 25.0 Å². The standard InChI is InChI=1S/C26H23N3O4S3/c1-16-4-6-17(7-5-16)11-19-14-27-25(35-19)28-23(30)3-2-10-29-24(31)22(36-26(29)34)13-18-8-9-20-21(12-18)33-15-32-20/h4-9,12-14H,2-3,10-11,15H2,1H3,(H,27,28,30). The third-order valence-corrected chi connectivity index (χ3v) is 7.94. The second-order valence-electron chi connectivity index (χ2n) is 8.39. The van der Waals surface area contributed by atoms with E-state index >= 15 is 0 Å². The molecular weight excluding hydrogens is 515 g/mol. The summed E-state index contributed by atoms with van der Waals surface area (Å²) in [7, 11) is 0. The van der Waals surface area contributed by atoms with Gasteiger partial charge >= 0.3 is 0 Å². The number of thioether (sulfide) groups is 1. The number of thiocarbonyl (C=S) groups is 1. The molecule has 0 aliphatic carbocycles. The summed E-state index contributed by atoms with van der Waals surface area (Å²) in [5.41, 5.74) is 3.27. The fraction of sp³-hybridized carbons (Fsp3) is 0.231. The van der Waals surface area contributed by atoms with Crippen molar-refractivity contribution in [2.75, 3.05) is 18.7 Å². The number of ether oxygens (including phenoxy) is 2. The Morgan fingerprint density at radius 2 is 2.00 bits per heavy atom. The van der Waals surface area contributed by atoms with E-state index in [9.17, 15) is 9.59 Å². The lowest BCUT2D eigenvalue weighted by Gasteiger charge is -2.13. The molecule has 2 aliphatic rings. The van der Waals surface area contributed by atoms with Crippen LogP contribution in [-0.4, -0.2) is 39.4 Å². The summed E-state index contributed by atoms with van der Waals surface area (Å²) in [5.74, 6) is 1.07. The lowest BCUT2D eigenvalue weighted by atomic mass is 10.1. The molecule has 1 fully saturated rings. The van der Waals surface area contributed by atoms with Gasteiger partial charge in [-0.25, -0.2) is 4.98 Å². The number of carbonyl (C=O) groups is 2. The highest BCUT2D eigenvalue weighted by molar-refractivity contribution is 8.26. The molecule has 0 saturated carbocycles. The van der Waals surface area contributed by atoms with Gasteiger partial charge in [0.05, 0.1) is 4.91 Å². The molecule has 0 atom stereocenters. The van der Waals surface area contributed by atoms with Crippen LogP contribution in [0, 0.1) is 6.92 Å². The highest BCUT2D eigenvalue weighted by atomic mass is 32.2. The number of carbonyl (C=O) groups excluding carboxylic acids is 2. The highest BCUT2D eigenvalue weighted by Gasteiger charge is 2.31. The van der Waals surface area contributed by atoms with Crippen molar-refractivity contribution in [3.63, 3.8) is 0 Å². The fourth-order valence-corrected chi connectivity index (χ4v) is 5.95. The Morgan fingerprint density at radius 1 is 1.19 bits per heavy atom. The first-order chi connectivity index (χ1) is 17.4. The Morgan fingerprint density at radius 3 is 2.83 bits per heavy atom.